The molecule has 96 valence electrons. The summed E-state index contributed by atoms with van der Waals surface area (Å²) in [7, 11) is 0. The highest BCUT2D eigenvalue weighted by atomic mass is 32.1. The number of piperazine rings is 1. The molecule has 4 rings (SSSR count). The van der Waals surface area contributed by atoms with E-state index < -0.39 is 0 Å². The number of thiophene rings is 1. The number of hydrogen-bond acceptors (Lipinski definition) is 5. The highest BCUT2D eigenvalue weighted by molar-refractivity contribution is 7.17. The van der Waals surface area contributed by atoms with Crippen molar-refractivity contribution in [3.63, 3.8) is 0 Å². The van der Waals surface area contributed by atoms with Crippen molar-refractivity contribution in [2.45, 2.75) is 12.8 Å². The fourth-order valence-corrected chi connectivity index (χ4v) is 3.50. The first-order valence-electron chi connectivity index (χ1n) is 6.70. The SMILES string of the molecule is c1cc2onc(N3CCN(CC4CC4)CC3)c2s1. The van der Waals surface area contributed by atoms with Gasteiger partial charge in [-0.05, 0) is 30.2 Å². The van der Waals surface area contributed by atoms with Crippen LogP contribution in [0.1, 0.15) is 12.8 Å². The lowest BCUT2D eigenvalue weighted by molar-refractivity contribution is 0.247. The number of anilines is 1. The standard InChI is InChI=1S/C13H17N3OS/c1-2-10(1)9-15-4-6-16(7-5-15)13-12-11(17-14-13)3-8-18-12/h3,8,10H,1-2,4-7,9H2. The highest BCUT2D eigenvalue weighted by Crippen LogP contribution is 2.32. The lowest BCUT2D eigenvalue weighted by Gasteiger charge is -2.34. The molecule has 0 aromatic carbocycles. The predicted octanol–water partition coefficient (Wildman–Crippen LogP) is 2.42. The van der Waals surface area contributed by atoms with Gasteiger partial charge >= 0.3 is 0 Å². The van der Waals surface area contributed by atoms with Crippen molar-refractivity contribution in [2.75, 3.05) is 37.6 Å². The molecule has 1 aliphatic heterocycles. The Hall–Kier alpha value is -1.07. The van der Waals surface area contributed by atoms with Crippen molar-refractivity contribution in [1.82, 2.24) is 10.1 Å². The first kappa shape index (κ1) is 10.8. The average Bonchev–Trinajstić information content (AvgIpc) is 2.93. The Morgan fingerprint density at radius 3 is 2.89 bits per heavy atom. The summed E-state index contributed by atoms with van der Waals surface area (Å²) in [5, 5.41) is 6.29. The second-order valence-corrected chi connectivity index (χ2v) is 6.27. The van der Waals surface area contributed by atoms with E-state index in [9.17, 15) is 0 Å². The monoisotopic (exact) mass is 263 g/mol. The molecule has 0 atom stereocenters. The normalized spacial score (nSPS) is 21.9. The van der Waals surface area contributed by atoms with Gasteiger partial charge in [0.05, 0.1) is 0 Å². The van der Waals surface area contributed by atoms with Crippen LogP contribution >= 0.6 is 11.3 Å². The van der Waals surface area contributed by atoms with Crippen LogP contribution in [0.3, 0.4) is 0 Å². The predicted molar refractivity (Wildman–Crippen MR) is 73.3 cm³/mol. The zero-order chi connectivity index (χ0) is 11.9. The number of nitrogens with zero attached hydrogens (tertiary/aromatic N) is 3. The van der Waals surface area contributed by atoms with Gasteiger partial charge in [0.25, 0.3) is 0 Å². The Kier molecular flexibility index (Phi) is 2.55. The zero-order valence-corrected chi connectivity index (χ0v) is 11.2. The third kappa shape index (κ3) is 1.91. The smallest absolute Gasteiger partial charge is 0.190 e. The number of hydrogen-bond donors (Lipinski definition) is 0. The van der Waals surface area contributed by atoms with Crippen LogP contribution in [0.4, 0.5) is 5.82 Å². The summed E-state index contributed by atoms with van der Waals surface area (Å²) in [6.07, 6.45) is 2.89. The molecule has 0 N–H and O–H groups in total. The lowest BCUT2D eigenvalue weighted by Crippen LogP contribution is -2.47. The van der Waals surface area contributed by atoms with Gasteiger partial charge in [0.2, 0.25) is 0 Å². The van der Waals surface area contributed by atoms with Crippen molar-refractivity contribution in [2.24, 2.45) is 5.92 Å². The molecular weight excluding hydrogens is 246 g/mol. The van der Waals surface area contributed by atoms with Crippen molar-refractivity contribution in [3.05, 3.63) is 11.4 Å². The van der Waals surface area contributed by atoms with Crippen LogP contribution in [0.5, 0.6) is 0 Å². The minimum Gasteiger partial charge on any atom is -0.353 e. The largest absolute Gasteiger partial charge is 0.353 e. The van der Waals surface area contributed by atoms with E-state index in [1.54, 1.807) is 11.3 Å². The van der Waals surface area contributed by atoms with Crippen LogP contribution in [-0.4, -0.2) is 42.8 Å². The Bertz CT molecular complexity index is 537. The van der Waals surface area contributed by atoms with E-state index in [1.165, 1.54) is 24.1 Å². The molecule has 1 saturated carbocycles. The highest BCUT2D eigenvalue weighted by Gasteiger charge is 2.27. The molecule has 18 heavy (non-hydrogen) atoms. The molecule has 2 aromatic heterocycles. The van der Waals surface area contributed by atoms with Crippen LogP contribution in [0.2, 0.25) is 0 Å². The van der Waals surface area contributed by atoms with Gasteiger partial charge in [-0.2, -0.15) is 0 Å². The van der Waals surface area contributed by atoms with Gasteiger partial charge in [0, 0.05) is 32.7 Å². The summed E-state index contributed by atoms with van der Waals surface area (Å²) in [4.78, 5) is 4.96. The van der Waals surface area contributed by atoms with E-state index in [4.69, 9.17) is 4.52 Å². The van der Waals surface area contributed by atoms with E-state index in [-0.39, 0.29) is 0 Å². The Morgan fingerprint density at radius 2 is 2.11 bits per heavy atom. The molecule has 0 amide bonds. The van der Waals surface area contributed by atoms with Crippen molar-refractivity contribution in [1.29, 1.82) is 0 Å². The van der Waals surface area contributed by atoms with E-state index in [0.717, 1.165) is 43.5 Å². The molecule has 1 saturated heterocycles. The summed E-state index contributed by atoms with van der Waals surface area (Å²) in [5.74, 6) is 2.04. The van der Waals surface area contributed by atoms with Gasteiger partial charge in [-0.1, -0.05) is 5.16 Å². The molecule has 0 spiro atoms. The Balaban J connectivity index is 1.45. The summed E-state index contributed by atoms with van der Waals surface area (Å²) < 4.78 is 6.55. The molecule has 3 heterocycles. The molecule has 0 radical (unpaired) electrons. The first-order valence-corrected chi connectivity index (χ1v) is 7.58. The summed E-state index contributed by atoms with van der Waals surface area (Å²) in [6, 6.07) is 2.00. The molecule has 1 aliphatic carbocycles. The third-order valence-electron chi connectivity index (χ3n) is 3.95. The minimum atomic E-state index is 0.926. The Labute approximate surface area is 110 Å². The molecule has 0 bridgehead atoms. The van der Waals surface area contributed by atoms with Gasteiger partial charge in [0.1, 0.15) is 4.70 Å². The molecule has 2 aromatic rings. The molecule has 5 heteroatoms. The maximum absolute atomic E-state index is 5.35. The topological polar surface area (TPSA) is 32.5 Å². The van der Waals surface area contributed by atoms with E-state index >= 15 is 0 Å². The second-order valence-electron chi connectivity index (χ2n) is 5.35. The first-order chi connectivity index (χ1) is 8.90. The van der Waals surface area contributed by atoms with E-state index in [0.29, 0.717) is 0 Å². The third-order valence-corrected chi connectivity index (χ3v) is 4.84. The summed E-state index contributed by atoms with van der Waals surface area (Å²) in [6.45, 7) is 5.78. The van der Waals surface area contributed by atoms with Crippen molar-refractivity contribution < 1.29 is 4.52 Å². The fourth-order valence-electron chi connectivity index (χ4n) is 2.68. The van der Waals surface area contributed by atoms with Gasteiger partial charge in [-0.3, -0.25) is 4.90 Å². The fraction of sp³-hybridized carbons (Fsp3) is 0.615. The summed E-state index contributed by atoms with van der Waals surface area (Å²) in [5.41, 5.74) is 0.926. The lowest BCUT2D eigenvalue weighted by atomic mass is 10.3. The van der Waals surface area contributed by atoms with Crippen molar-refractivity contribution >= 4 is 27.4 Å². The van der Waals surface area contributed by atoms with E-state index in [2.05, 4.69) is 20.3 Å². The molecular formula is C13H17N3OS. The molecule has 2 fully saturated rings. The van der Waals surface area contributed by atoms with Crippen LogP contribution in [-0.2, 0) is 0 Å². The van der Waals surface area contributed by atoms with Crippen LogP contribution in [0.25, 0.3) is 10.3 Å². The summed E-state index contributed by atoms with van der Waals surface area (Å²) >= 11 is 1.72. The Morgan fingerprint density at radius 1 is 1.28 bits per heavy atom. The van der Waals surface area contributed by atoms with Gasteiger partial charge in [0.15, 0.2) is 11.4 Å². The average molecular weight is 263 g/mol. The number of aromatic nitrogens is 1. The molecule has 0 unspecified atom stereocenters. The van der Waals surface area contributed by atoms with Gasteiger partial charge in [-0.25, -0.2) is 0 Å². The molecule has 4 nitrogen and oxygen atoms in total. The van der Waals surface area contributed by atoms with E-state index in [1.807, 2.05) is 6.07 Å². The maximum Gasteiger partial charge on any atom is 0.190 e. The zero-order valence-electron chi connectivity index (χ0n) is 10.3. The van der Waals surface area contributed by atoms with Crippen molar-refractivity contribution in [3.8, 4) is 0 Å². The molecule has 2 aliphatic rings. The number of fused-ring (bicyclic) bond motifs is 1. The second kappa shape index (κ2) is 4.24. The minimum absolute atomic E-state index is 0.926. The van der Waals surface area contributed by atoms with Gasteiger partial charge < -0.3 is 9.42 Å². The van der Waals surface area contributed by atoms with Crippen LogP contribution in [0.15, 0.2) is 16.0 Å². The maximum atomic E-state index is 5.35. The quantitative estimate of drug-likeness (QED) is 0.851. The number of rotatable bonds is 3. The van der Waals surface area contributed by atoms with Crippen LogP contribution in [0, 0.1) is 5.92 Å². The van der Waals surface area contributed by atoms with Gasteiger partial charge in [-0.15, -0.1) is 11.3 Å². The van der Waals surface area contributed by atoms with Crippen LogP contribution < -0.4 is 4.90 Å².